The summed E-state index contributed by atoms with van der Waals surface area (Å²) in [6.45, 7) is 5.86. The first-order valence-corrected chi connectivity index (χ1v) is 12.1. The fraction of sp³-hybridized carbons (Fsp3) is 0.321. The van der Waals surface area contributed by atoms with Crippen LogP contribution in [0.4, 0.5) is 0 Å². The SMILES string of the molecule is CCOc1cc(CN2CCC(n3c(=O)[nH]c4ccccc43)CC2)ccc1OCc1ccccc1. The van der Waals surface area contributed by atoms with Crippen molar-refractivity contribution in [1.82, 2.24) is 14.5 Å². The third-order valence-electron chi connectivity index (χ3n) is 6.50. The van der Waals surface area contributed by atoms with E-state index in [0.29, 0.717) is 13.2 Å². The van der Waals surface area contributed by atoms with Gasteiger partial charge < -0.3 is 14.5 Å². The summed E-state index contributed by atoms with van der Waals surface area (Å²) >= 11 is 0. The van der Waals surface area contributed by atoms with Gasteiger partial charge in [0.25, 0.3) is 0 Å². The number of aromatic amines is 1. The van der Waals surface area contributed by atoms with E-state index in [1.165, 1.54) is 5.56 Å². The molecule has 0 radical (unpaired) electrons. The summed E-state index contributed by atoms with van der Waals surface area (Å²) in [6, 6.07) is 24.6. The van der Waals surface area contributed by atoms with Gasteiger partial charge in [0, 0.05) is 25.7 Å². The Labute approximate surface area is 199 Å². The Kier molecular flexibility index (Phi) is 6.67. The van der Waals surface area contributed by atoms with Crippen molar-refractivity contribution in [1.29, 1.82) is 0 Å². The first-order valence-electron chi connectivity index (χ1n) is 12.1. The van der Waals surface area contributed by atoms with Gasteiger partial charge >= 0.3 is 5.69 Å². The smallest absolute Gasteiger partial charge is 0.326 e. The van der Waals surface area contributed by atoms with Crippen molar-refractivity contribution in [2.75, 3.05) is 19.7 Å². The van der Waals surface area contributed by atoms with Gasteiger partial charge in [-0.3, -0.25) is 9.47 Å². The normalized spacial score (nSPS) is 15.0. The van der Waals surface area contributed by atoms with Crippen LogP contribution in [0.25, 0.3) is 11.0 Å². The quantitative estimate of drug-likeness (QED) is 0.398. The number of H-pyrrole nitrogens is 1. The molecule has 0 saturated carbocycles. The van der Waals surface area contributed by atoms with Crippen LogP contribution in [-0.4, -0.2) is 34.1 Å². The molecule has 0 unspecified atom stereocenters. The fourth-order valence-corrected chi connectivity index (χ4v) is 4.80. The second kappa shape index (κ2) is 10.2. The van der Waals surface area contributed by atoms with E-state index in [4.69, 9.17) is 9.47 Å². The molecule has 0 spiro atoms. The monoisotopic (exact) mass is 457 g/mol. The maximum Gasteiger partial charge on any atom is 0.326 e. The van der Waals surface area contributed by atoms with Crippen molar-refractivity contribution >= 4 is 11.0 Å². The molecule has 2 heterocycles. The number of nitrogens with one attached hydrogen (secondary N) is 1. The van der Waals surface area contributed by atoms with Crippen LogP contribution in [0.15, 0.2) is 77.6 Å². The summed E-state index contributed by atoms with van der Waals surface area (Å²) < 4.78 is 13.9. The highest BCUT2D eigenvalue weighted by Gasteiger charge is 2.23. The molecule has 1 aliphatic rings. The zero-order chi connectivity index (χ0) is 23.3. The molecule has 6 heteroatoms. The summed E-state index contributed by atoms with van der Waals surface area (Å²) in [5.41, 5.74) is 4.24. The van der Waals surface area contributed by atoms with Crippen molar-refractivity contribution < 1.29 is 9.47 Å². The summed E-state index contributed by atoms with van der Waals surface area (Å²) in [4.78, 5) is 18.0. The van der Waals surface area contributed by atoms with Gasteiger partial charge in [0.1, 0.15) is 6.61 Å². The Balaban J connectivity index is 1.23. The minimum atomic E-state index is -0.00732. The van der Waals surface area contributed by atoms with E-state index in [1.807, 2.05) is 60.0 Å². The Morgan fingerprint density at radius 3 is 2.44 bits per heavy atom. The molecule has 1 N–H and O–H groups in total. The number of fused-ring (bicyclic) bond motifs is 1. The average molecular weight is 458 g/mol. The van der Waals surface area contributed by atoms with Gasteiger partial charge in [0.05, 0.1) is 17.6 Å². The number of piperidine rings is 1. The van der Waals surface area contributed by atoms with E-state index in [2.05, 4.69) is 34.1 Å². The molecule has 176 valence electrons. The van der Waals surface area contributed by atoms with Gasteiger partial charge in [-0.1, -0.05) is 48.5 Å². The second-order valence-corrected chi connectivity index (χ2v) is 8.81. The lowest BCUT2D eigenvalue weighted by Gasteiger charge is -2.32. The zero-order valence-electron chi connectivity index (χ0n) is 19.6. The number of imidazole rings is 1. The van der Waals surface area contributed by atoms with Crippen LogP contribution in [0, 0.1) is 0 Å². The van der Waals surface area contributed by atoms with Gasteiger partial charge in [0.2, 0.25) is 0 Å². The lowest BCUT2D eigenvalue weighted by atomic mass is 10.0. The van der Waals surface area contributed by atoms with Crippen molar-refractivity contribution in [2.24, 2.45) is 0 Å². The van der Waals surface area contributed by atoms with Crippen molar-refractivity contribution in [3.05, 3.63) is 94.4 Å². The number of hydrogen-bond donors (Lipinski definition) is 1. The molecule has 5 rings (SSSR count). The van der Waals surface area contributed by atoms with Crippen molar-refractivity contribution in [3.8, 4) is 11.5 Å². The Morgan fingerprint density at radius 2 is 1.65 bits per heavy atom. The standard InChI is InChI=1S/C28H31N3O3/c1-2-33-27-18-22(12-13-26(27)34-20-21-8-4-3-5-9-21)19-30-16-14-23(15-17-30)31-25-11-7-6-10-24(25)29-28(31)32/h3-13,18,23H,2,14-17,19-20H2,1H3,(H,29,32). The van der Waals surface area contributed by atoms with Crippen LogP contribution >= 0.6 is 0 Å². The maximum atomic E-state index is 12.6. The zero-order valence-corrected chi connectivity index (χ0v) is 19.6. The van der Waals surface area contributed by atoms with Crippen LogP contribution in [0.5, 0.6) is 11.5 Å². The number of rotatable bonds is 8. The summed E-state index contributed by atoms with van der Waals surface area (Å²) in [7, 11) is 0. The first kappa shape index (κ1) is 22.3. The molecule has 1 aliphatic heterocycles. The minimum Gasteiger partial charge on any atom is -0.490 e. The lowest BCUT2D eigenvalue weighted by molar-refractivity contribution is 0.179. The largest absolute Gasteiger partial charge is 0.490 e. The number of ether oxygens (including phenoxy) is 2. The highest BCUT2D eigenvalue weighted by molar-refractivity contribution is 5.75. The molecule has 0 bridgehead atoms. The second-order valence-electron chi connectivity index (χ2n) is 8.81. The number of likely N-dealkylation sites (tertiary alicyclic amines) is 1. The van der Waals surface area contributed by atoms with Gasteiger partial charge in [-0.2, -0.15) is 0 Å². The highest BCUT2D eigenvalue weighted by Crippen LogP contribution is 2.31. The molecule has 6 nitrogen and oxygen atoms in total. The van der Waals surface area contributed by atoms with E-state index in [1.54, 1.807) is 0 Å². The molecule has 1 fully saturated rings. The summed E-state index contributed by atoms with van der Waals surface area (Å²) in [5, 5.41) is 0. The Hall–Kier alpha value is -3.51. The summed E-state index contributed by atoms with van der Waals surface area (Å²) in [5.74, 6) is 1.56. The van der Waals surface area contributed by atoms with Crippen molar-refractivity contribution in [3.63, 3.8) is 0 Å². The third-order valence-corrected chi connectivity index (χ3v) is 6.50. The number of nitrogens with zero attached hydrogens (tertiary/aromatic N) is 2. The Morgan fingerprint density at radius 1 is 0.882 bits per heavy atom. The molecule has 0 aliphatic carbocycles. The number of benzene rings is 3. The van der Waals surface area contributed by atoms with Crippen molar-refractivity contribution in [2.45, 2.75) is 39.0 Å². The molecule has 0 atom stereocenters. The molecule has 1 aromatic heterocycles. The van der Waals surface area contributed by atoms with Crippen LogP contribution in [0.1, 0.15) is 36.9 Å². The van der Waals surface area contributed by atoms with Gasteiger partial charge in [-0.05, 0) is 55.2 Å². The minimum absolute atomic E-state index is 0.00732. The molecular formula is C28H31N3O3. The van der Waals surface area contributed by atoms with Crippen LogP contribution in [0.2, 0.25) is 0 Å². The molecule has 1 saturated heterocycles. The van der Waals surface area contributed by atoms with E-state index < -0.39 is 0 Å². The molecule has 3 aromatic carbocycles. The molecule has 0 amide bonds. The van der Waals surface area contributed by atoms with Crippen LogP contribution in [-0.2, 0) is 13.2 Å². The lowest BCUT2D eigenvalue weighted by Crippen LogP contribution is -2.36. The topological polar surface area (TPSA) is 59.5 Å². The van der Waals surface area contributed by atoms with Gasteiger partial charge in [-0.15, -0.1) is 0 Å². The molecule has 34 heavy (non-hydrogen) atoms. The van der Waals surface area contributed by atoms with E-state index >= 15 is 0 Å². The first-order chi connectivity index (χ1) is 16.7. The van der Waals surface area contributed by atoms with E-state index in [-0.39, 0.29) is 11.7 Å². The van der Waals surface area contributed by atoms with E-state index in [0.717, 1.165) is 60.6 Å². The third kappa shape index (κ3) is 4.87. The maximum absolute atomic E-state index is 12.6. The number of aromatic nitrogens is 2. The predicted molar refractivity (Wildman–Crippen MR) is 134 cm³/mol. The summed E-state index contributed by atoms with van der Waals surface area (Å²) in [6.07, 6.45) is 1.91. The highest BCUT2D eigenvalue weighted by atomic mass is 16.5. The fourth-order valence-electron chi connectivity index (χ4n) is 4.80. The predicted octanol–water partition coefficient (Wildman–Crippen LogP) is 5.14. The van der Waals surface area contributed by atoms with E-state index in [9.17, 15) is 4.79 Å². The Bertz CT molecular complexity index is 1290. The van der Waals surface area contributed by atoms with Gasteiger partial charge in [0.15, 0.2) is 11.5 Å². The average Bonchev–Trinajstić information content (AvgIpc) is 3.20. The van der Waals surface area contributed by atoms with Gasteiger partial charge in [-0.25, -0.2) is 4.79 Å². The van der Waals surface area contributed by atoms with Crippen LogP contribution in [0.3, 0.4) is 0 Å². The molecular weight excluding hydrogens is 426 g/mol. The number of para-hydroxylation sites is 2. The molecule has 4 aromatic rings. The number of hydrogen-bond acceptors (Lipinski definition) is 4. The van der Waals surface area contributed by atoms with Crippen LogP contribution < -0.4 is 15.2 Å².